The number of likely N-dealkylation sites (tertiary alicyclic amines) is 1. The summed E-state index contributed by atoms with van der Waals surface area (Å²) >= 11 is 1.36. The molecule has 1 unspecified atom stereocenters. The number of nitrogens with zero attached hydrogens (tertiary/aromatic N) is 2. The van der Waals surface area contributed by atoms with Gasteiger partial charge in [-0.3, -0.25) is 14.5 Å². The van der Waals surface area contributed by atoms with E-state index in [1.807, 2.05) is 41.5 Å². The van der Waals surface area contributed by atoms with Crippen LogP contribution in [0.5, 0.6) is 5.75 Å². The lowest BCUT2D eigenvalue weighted by atomic mass is 9.99. The number of aliphatic carboxylic acids is 1. The number of aromatic nitrogens is 1. The average Bonchev–Trinajstić information content (AvgIpc) is 3.28. The number of benzene rings is 1. The average molecular weight is 389 g/mol. The normalized spacial score (nSPS) is 21.0. The Morgan fingerprint density at radius 1 is 1.33 bits per heavy atom. The Morgan fingerprint density at radius 2 is 2.04 bits per heavy atom. The van der Waals surface area contributed by atoms with Gasteiger partial charge in [-0.05, 0) is 37.1 Å². The number of carboxylic acid groups (broad SMARTS) is 1. The van der Waals surface area contributed by atoms with E-state index in [1.54, 1.807) is 14.0 Å². The largest absolute Gasteiger partial charge is 0.497 e. The van der Waals surface area contributed by atoms with E-state index in [0.29, 0.717) is 18.2 Å². The number of amides is 1. The molecule has 3 atom stereocenters. The van der Waals surface area contributed by atoms with E-state index in [9.17, 15) is 14.7 Å². The minimum atomic E-state index is -0.804. The molecule has 1 aliphatic heterocycles. The SMILES string of the molecule is COc1ccc(-c2csc(NC(=O)C(C)N3C[C@@H](C)[C@H](C(=O)O)C3)n2)cc1. The number of nitrogens with one attached hydrogen (secondary N) is 1. The molecule has 3 rings (SSSR count). The Kier molecular flexibility index (Phi) is 5.76. The van der Waals surface area contributed by atoms with Crippen molar-refractivity contribution in [2.24, 2.45) is 11.8 Å². The van der Waals surface area contributed by atoms with E-state index in [4.69, 9.17) is 4.74 Å². The van der Waals surface area contributed by atoms with Crippen LogP contribution in [-0.2, 0) is 9.59 Å². The number of methoxy groups -OCH3 is 1. The molecular formula is C19H23N3O4S. The molecule has 2 N–H and O–H groups in total. The molecule has 7 nitrogen and oxygen atoms in total. The van der Waals surface area contributed by atoms with Crippen LogP contribution in [-0.4, -0.2) is 53.1 Å². The number of carboxylic acids is 1. The predicted molar refractivity (Wildman–Crippen MR) is 104 cm³/mol. The van der Waals surface area contributed by atoms with Gasteiger partial charge in [0.25, 0.3) is 0 Å². The summed E-state index contributed by atoms with van der Waals surface area (Å²) in [5, 5.41) is 14.5. The van der Waals surface area contributed by atoms with Crippen molar-refractivity contribution in [2.45, 2.75) is 19.9 Å². The van der Waals surface area contributed by atoms with Gasteiger partial charge >= 0.3 is 5.97 Å². The standard InChI is InChI=1S/C19H23N3O4S/c1-11-8-22(9-15(11)18(24)25)12(2)17(23)21-19-20-16(10-27-19)13-4-6-14(26-3)7-5-13/h4-7,10-12,15H,8-9H2,1-3H3,(H,24,25)(H,20,21,23)/t11-,12?,15-/m1/s1. The first-order valence-electron chi connectivity index (χ1n) is 8.76. The quantitative estimate of drug-likeness (QED) is 0.789. The monoisotopic (exact) mass is 389 g/mol. The Hall–Kier alpha value is -2.45. The van der Waals surface area contributed by atoms with Crippen LogP contribution in [0.2, 0.25) is 0 Å². The molecule has 2 aromatic rings. The van der Waals surface area contributed by atoms with E-state index in [1.165, 1.54) is 11.3 Å². The Bertz CT molecular complexity index is 821. The summed E-state index contributed by atoms with van der Waals surface area (Å²) in [7, 11) is 1.62. The van der Waals surface area contributed by atoms with Gasteiger partial charge in [0.05, 0.1) is 24.8 Å². The number of ether oxygens (including phenoxy) is 1. The molecule has 1 saturated heterocycles. The molecule has 0 saturated carbocycles. The molecule has 0 radical (unpaired) electrons. The number of hydrogen-bond donors (Lipinski definition) is 2. The Balaban J connectivity index is 1.62. The minimum Gasteiger partial charge on any atom is -0.497 e. The van der Waals surface area contributed by atoms with Crippen molar-refractivity contribution < 1.29 is 19.4 Å². The maximum atomic E-state index is 12.6. The predicted octanol–water partition coefficient (Wildman–Crippen LogP) is 2.80. The van der Waals surface area contributed by atoms with Gasteiger partial charge in [0.2, 0.25) is 5.91 Å². The number of anilines is 1. The first kappa shape index (κ1) is 19.3. The zero-order valence-corrected chi connectivity index (χ0v) is 16.3. The highest BCUT2D eigenvalue weighted by Gasteiger charge is 2.38. The van der Waals surface area contributed by atoms with Crippen LogP contribution in [0, 0.1) is 11.8 Å². The van der Waals surface area contributed by atoms with Crippen LogP contribution >= 0.6 is 11.3 Å². The molecule has 1 amide bonds. The second kappa shape index (κ2) is 8.06. The summed E-state index contributed by atoms with van der Waals surface area (Å²) in [6.07, 6.45) is 0. The second-order valence-electron chi connectivity index (χ2n) is 6.81. The topological polar surface area (TPSA) is 91.8 Å². The van der Waals surface area contributed by atoms with Gasteiger partial charge in [0, 0.05) is 24.0 Å². The van der Waals surface area contributed by atoms with Crippen LogP contribution in [0.3, 0.4) is 0 Å². The van der Waals surface area contributed by atoms with Crippen molar-refractivity contribution in [3.05, 3.63) is 29.6 Å². The van der Waals surface area contributed by atoms with Crippen molar-refractivity contribution in [2.75, 3.05) is 25.5 Å². The highest BCUT2D eigenvalue weighted by Crippen LogP contribution is 2.28. The Labute approximate surface area is 162 Å². The molecule has 0 bridgehead atoms. The molecule has 8 heteroatoms. The lowest BCUT2D eigenvalue weighted by molar-refractivity contribution is -0.142. The van der Waals surface area contributed by atoms with Gasteiger partial charge in [-0.25, -0.2) is 4.98 Å². The minimum absolute atomic E-state index is 0.0271. The summed E-state index contributed by atoms with van der Waals surface area (Å²) in [5.74, 6) is -0.609. The highest BCUT2D eigenvalue weighted by atomic mass is 32.1. The summed E-state index contributed by atoms with van der Waals surface area (Å²) in [6.45, 7) is 4.69. The van der Waals surface area contributed by atoms with Crippen LogP contribution in [0.1, 0.15) is 13.8 Å². The van der Waals surface area contributed by atoms with Crippen molar-refractivity contribution in [1.29, 1.82) is 0 Å². The van der Waals surface area contributed by atoms with Gasteiger partial charge < -0.3 is 15.2 Å². The summed E-state index contributed by atoms with van der Waals surface area (Å²) in [4.78, 5) is 30.2. The van der Waals surface area contributed by atoms with Crippen LogP contribution in [0.25, 0.3) is 11.3 Å². The summed E-state index contributed by atoms with van der Waals surface area (Å²) in [6, 6.07) is 7.15. The van der Waals surface area contributed by atoms with E-state index in [2.05, 4.69) is 10.3 Å². The smallest absolute Gasteiger partial charge is 0.308 e. The van der Waals surface area contributed by atoms with E-state index < -0.39 is 17.9 Å². The second-order valence-corrected chi connectivity index (χ2v) is 7.67. The fourth-order valence-electron chi connectivity index (χ4n) is 3.24. The van der Waals surface area contributed by atoms with E-state index in [-0.39, 0.29) is 11.8 Å². The van der Waals surface area contributed by atoms with Gasteiger partial charge in [0.15, 0.2) is 5.13 Å². The molecule has 2 heterocycles. The molecule has 1 aromatic carbocycles. The Morgan fingerprint density at radius 3 is 2.63 bits per heavy atom. The zero-order valence-electron chi connectivity index (χ0n) is 15.5. The van der Waals surface area contributed by atoms with Crippen molar-refractivity contribution in [1.82, 2.24) is 9.88 Å². The number of carbonyl (C=O) groups is 2. The van der Waals surface area contributed by atoms with Crippen LogP contribution in [0.15, 0.2) is 29.6 Å². The van der Waals surface area contributed by atoms with Gasteiger partial charge in [0.1, 0.15) is 5.75 Å². The molecule has 0 aliphatic carbocycles. The van der Waals surface area contributed by atoms with E-state index >= 15 is 0 Å². The molecule has 0 spiro atoms. The summed E-state index contributed by atoms with van der Waals surface area (Å²) in [5.41, 5.74) is 1.73. The van der Waals surface area contributed by atoms with Crippen molar-refractivity contribution in [3.63, 3.8) is 0 Å². The number of rotatable bonds is 6. The van der Waals surface area contributed by atoms with Gasteiger partial charge in [-0.2, -0.15) is 0 Å². The molecule has 1 aromatic heterocycles. The van der Waals surface area contributed by atoms with Crippen LogP contribution in [0.4, 0.5) is 5.13 Å². The third-order valence-electron chi connectivity index (χ3n) is 5.01. The lowest BCUT2D eigenvalue weighted by Crippen LogP contribution is -2.41. The highest BCUT2D eigenvalue weighted by molar-refractivity contribution is 7.14. The molecular weight excluding hydrogens is 366 g/mol. The molecule has 1 aliphatic rings. The van der Waals surface area contributed by atoms with E-state index in [0.717, 1.165) is 17.0 Å². The third kappa shape index (κ3) is 4.28. The maximum absolute atomic E-state index is 12.6. The fourth-order valence-corrected chi connectivity index (χ4v) is 3.97. The van der Waals surface area contributed by atoms with Gasteiger partial charge in [-0.15, -0.1) is 11.3 Å². The first-order chi connectivity index (χ1) is 12.9. The molecule has 27 heavy (non-hydrogen) atoms. The maximum Gasteiger partial charge on any atom is 0.308 e. The van der Waals surface area contributed by atoms with Crippen LogP contribution < -0.4 is 10.1 Å². The van der Waals surface area contributed by atoms with Crippen molar-refractivity contribution in [3.8, 4) is 17.0 Å². The zero-order chi connectivity index (χ0) is 19.6. The number of hydrogen-bond acceptors (Lipinski definition) is 6. The molecule has 144 valence electrons. The number of thiazole rings is 1. The first-order valence-corrected chi connectivity index (χ1v) is 9.64. The summed E-state index contributed by atoms with van der Waals surface area (Å²) < 4.78 is 5.15. The third-order valence-corrected chi connectivity index (χ3v) is 5.76. The fraction of sp³-hybridized carbons (Fsp3) is 0.421. The molecule has 1 fully saturated rings. The van der Waals surface area contributed by atoms with Gasteiger partial charge in [-0.1, -0.05) is 6.92 Å². The lowest BCUT2D eigenvalue weighted by Gasteiger charge is -2.22. The van der Waals surface area contributed by atoms with Crippen molar-refractivity contribution >= 4 is 28.3 Å². The number of carbonyl (C=O) groups excluding carboxylic acids is 1.